The highest BCUT2D eigenvalue weighted by Gasteiger charge is 2.41. The third-order valence-electron chi connectivity index (χ3n) is 6.45. The molecule has 0 radical (unpaired) electrons. The Kier molecular flexibility index (Phi) is 8.54. The summed E-state index contributed by atoms with van der Waals surface area (Å²) in [6.45, 7) is 6.19. The van der Waals surface area contributed by atoms with Gasteiger partial charge >= 0.3 is 6.09 Å². The molecule has 2 N–H and O–H groups in total. The lowest BCUT2D eigenvalue weighted by molar-refractivity contribution is -0.141. The number of alkyl carbamates (subject to hydrolysis) is 1. The first-order valence-electron chi connectivity index (χ1n) is 12.2. The summed E-state index contributed by atoms with van der Waals surface area (Å²) in [4.78, 5) is 40.8. The molecule has 184 valence electrons. The third-order valence-corrected chi connectivity index (χ3v) is 6.45. The first-order chi connectivity index (χ1) is 16.2. The van der Waals surface area contributed by atoms with E-state index in [1.807, 2.05) is 0 Å². The van der Waals surface area contributed by atoms with Gasteiger partial charge in [-0.25, -0.2) is 4.79 Å². The zero-order valence-corrected chi connectivity index (χ0v) is 20.4. The molecule has 1 aromatic rings. The first kappa shape index (κ1) is 25.5. The molecule has 1 aliphatic carbocycles. The zero-order valence-electron chi connectivity index (χ0n) is 20.4. The van der Waals surface area contributed by atoms with E-state index in [1.54, 1.807) is 49.9 Å². The third kappa shape index (κ3) is 6.96. The normalized spacial score (nSPS) is 19.7. The lowest BCUT2D eigenvalue weighted by Gasteiger charge is -2.35. The van der Waals surface area contributed by atoms with Crippen molar-refractivity contribution >= 4 is 17.9 Å². The number of hydrogen-bond acceptors (Lipinski definition) is 5. The number of nitrogens with zero attached hydrogens (tertiary/aromatic N) is 2. The molecule has 3 amide bonds. The van der Waals surface area contributed by atoms with E-state index in [2.05, 4.69) is 16.7 Å². The first-order valence-corrected chi connectivity index (χ1v) is 12.2. The largest absolute Gasteiger partial charge is 0.444 e. The molecule has 1 heterocycles. The maximum absolute atomic E-state index is 13.7. The predicted octanol–water partition coefficient (Wildman–Crippen LogP) is 3.64. The number of benzene rings is 1. The topological polar surface area (TPSA) is 112 Å². The molecule has 0 aromatic heterocycles. The molecular weight excluding hydrogens is 432 g/mol. The van der Waals surface area contributed by atoms with Crippen LogP contribution in [-0.4, -0.2) is 47.0 Å². The van der Waals surface area contributed by atoms with Crippen molar-refractivity contribution in [3.63, 3.8) is 0 Å². The molecule has 1 saturated heterocycles. The minimum Gasteiger partial charge on any atom is -0.444 e. The highest BCUT2D eigenvalue weighted by molar-refractivity contribution is 5.92. The SMILES string of the molecule is CC(C)(C)OC(=O)NC(C(=O)N1CCCC1C(=O)NCc1ccc(C#N)cc1)C1CCCCC1. The summed E-state index contributed by atoms with van der Waals surface area (Å²) < 4.78 is 5.43. The second-order valence-electron chi connectivity index (χ2n) is 10.2. The zero-order chi connectivity index (χ0) is 24.7. The average Bonchev–Trinajstić information content (AvgIpc) is 3.30. The van der Waals surface area contributed by atoms with Crippen molar-refractivity contribution in [3.05, 3.63) is 35.4 Å². The van der Waals surface area contributed by atoms with Crippen LogP contribution < -0.4 is 10.6 Å². The quantitative estimate of drug-likeness (QED) is 0.662. The number of carbonyl (C=O) groups excluding carboxylic acids is 3. The van der Waals surface area contributed by atoms with Crippen LogP contribution in [0.2, 0.25) is 0 Å². The van der Waals surface area contributed by atoms with Gasteiger partial charge in [-0.05, 0) is 70.1 Å². The lowest BCUT2D eigenvalue weighted by Crippen LogP contribution is -2.56. The maximum Gasteiger partial charge on any atom is 0.408 e. The Morgan fingerprint density at radius 3 is 2.38 bits per heavy atom. The van der Waals surface area contributed by atoms with Gasteiger partial charge in [-0.3, -0.25) is 9.59 Å². The monoisotopic (exact) mass is 468 g/mol. The summed E-state index contributed by atoms with van der Waals surface area (Å²) in [5.74, 6) is -0.361. The Morgan fingerprint density at radius 2 is 1.76 bits per heavy atom. The minimum absolute atomic E-state index is 0.0386. The summed E-state index contributed by atoms with van der Waals surface area (Å²) in [5.41, 5.74) is 0.787. The highest BCUT2D eigenvalue weighted by Crippen LogP contribution is 2.29. The second-order valence-corrected chi connectivity index (χ2v) is 10.2. The van der Waals surface area contributed by atoms with Crippen LogP contribution >= 0.6 is 0 Å². The Bertz CT molecular complexity index is 910. The molecule has 8 nitrogen and oxygen atoms in total. The minimum atomic E-state index is -0.693. The summed E-state index contributed by atoms with van der Waals surface area (Å²) in [6.07, 6.45) is 5.66. The number of likely N-dealkylation sites (tertiary alicyclic amines) is 1. The van der Waals surface area contributed by atoms with Gasteiger partial charge < -0.3 is 20.3 Å². The molecule has 0 bridgehead atoms. The fourth-order valence-electron chi connectivity index (χ4n) is 4.77. The fourth-order valence-corrected chi connectivity index (χ4v) is 4.77. The van der Waals surface area contributed by atoms with Gasteiger partial charge in [0.2, 0.25) is 11.8 Å². The number of rotatable bonds is 6. The molecule has 34 heavy (non-hydrogen) atoms. The average molecular weight is 469 g/mol. The van der Waals surface area contributed by atoms with Crippen molar-refractivity contribution in [2.75, 3.05) is 6.54 Å². The Hall–Kier alpha value is -3.08. The summed E-state index contributed by atoms with van der Waals surface area (Å²) in [5, 5.41) is 14.7. The molecule has 1 aliphatic heterocycles. The van der Waals surface area contributed by atoms with Crippen LogP contribution in [0.4, 0.5) is 4.79 Å². The number of amides is 3. The van der Waals surface area contributed by atoms with Crippen molar-refractivity contribution in [1.82, 2.24) is 15.5 Å². The Morgan fingerprint density at radius 1 is 1.09 bits per heavy atom. The van der Waals surface area contributed by atoms with Gasteiger partial charge in [-0.2, -0.15) is 5.26 Å². The van der Waals surface area contributed by atoms with E-state index in [-0.39, 0.29) is 17.7 Å². The van der Waals surface area contributed by atoms with Crippen molar-refractivity contribution in [1.29, 1.82) is 5.26 Å². The fraction of sp³-hybridized carbons (Fsp3) is 0.615. The lowest BCUT2D eigenvalue weighted by atomic mass is 9.83. The predicted molar refractivity (Wildman–Crippen MR) is 127 cm³/mol. The van der Waals surface area contributed by atoms with Crippen molar-refractivity contribution in [2.24, 2.45) is 5.92 Å². The van der Waals surface area contributed by atoms with Crippen LogP contribution in [-0.2, 0) is 20.9 Å². The second kappa shape index (κ2) is 11.4. The van der Waals surface area contributed by atoms with Gasteiger partial charge in [0.1, 0.15) is 17.7 Å². The number of ether oxygens (including phenoxy) is 1. The van der Waals surface area contributed by atoms with Gasteiger partial charge in [0, 0.05) is 13.1 Å². The van der Waals surface area contributed by atoms with Crippen LogP contribution in [0.25, 0.3) is 0 Å². The molecule has 2 atom stereocenters. The molecule has 8 heteroatoms. The Labute approximate surface area is 202 Å². The van der Waals surface area contributed by atoms with Gasteiger partial charge in [0.25, 0.3) is 0 Å². The van der Waals surface area contributed by atoms with Crippen molar-refractivity contribution in [2.45, 2.75) is 89.9 Å². The standard InChI is InChI=1S/C26H36N4O4/c1-26(2,3)34-25(33)29-22(20-8-5-4-6-9-20)24(32)30-15-7-10-21(30)23(31)28-17-19-13-11-18(16-27)12-14-19/h11-14,20-22H,4-10,15,17H2,1-3H3,(H,28,31)(H,29,33). The number of nitrogens with one attached hydrogen (secondary N) is 2. The van der Waals surface area contributed by atoms with Gasteiger partial charge in [-0.1, -0.05) is 31.4 Å². The summed E-state index contributed by atoms with van der Waals surface area (Å²) >= 11 is 0. The van der Waals surface area contributed by atoms with E-state index in [9.17, 15) is 14.4 Å². The maximum atomic E-state index is 13.7. The van der Waals surface area contributed by atoms with Gasteiger partial charge in [0.05, 0.1) is 11.6 Å². The molecule has 2 aliphatic rings. The van der Waals surface area contributed by atoms with E-state index in [1.165, 1.54) is 0 Å². The van der Waals surface area contributed by atoms with Crippen LogP contribution in [0.1, 0.15) is 76.8 Å². The van der Waals surface area contributed by atoms with Gasteiger partial charge in [-0.15, -0.1) is 0 Å². The number of hydrogen-bond donors (Lipinski definition) is 2. The van der Waals surface area contributed by atoms with Crippen LogP contribution in [0, 0.1) is 17.2 Å². The number of nitriles is 1. The van der Waals surface area contributed by atoms with Crippen LogP contribution in [0.3, 0.4) is 0 Å². The van der Waals surface area contributed by atoms with E-state index < -0.39 is 23.8 Å². The van der Waals surface area contributed by atoms with E-state index in [0.717, 1.165) is 44.1 Å². The van der Waals surface area contributed by atoms with Crippen LogP contribution in [0.15, 0.2) is 24.3 Å². The van der Waals surface area contributed by atoms with Gasteiger partial charge in [0.15, 0.2) is 0 Å². The van der Waals surface area contributed by atoms with E-state index in [4.69, 9.17) is 10.00 Å². The van der Waals surface area contributed by atoms with E-state index in [0.29, 0.717) is 25.1 Å². The van der Waals surface area contributed by atoms with Crippen LogP contribution in [0.5, 0.6) is 0 Å². The summed E-state index contributed by atoms with van der Waals surface area (Å²) in [7, 11) is 0. The molecule has 1 saturated carbocycles. The summed E-state index contributed by atoms with van der Waals surface area (Å²) in [6, 6.07) is 7.86. The molecule has 3 rings (SSSR count). The van der Waals surface area contributed by atoms with Crippen molar-refractivity contribution in [3.8, 4) is 6.07 Å². The van der Waals surface area contributed by atoms with Crippen molar-refractivity contribution < 1.29 is 19.1 Å². The molecule has 0 spiro atoms. The molecule has 2 fully saturated rings. The molecular formula is C26H36N4O4. The number of carbonyl (C=O) groups is 3. The Balaban J connectivity index is 1.67. The van der Waals surface area contributed by atoms with E-state index >= 15 is 0 Å². The molecule has 1 aromatic carbocycles. The molecule has 2 unspecified atom stereocenters. The smallest absolute Gasteiger partial charge is 0.408 e. The highest BCUT2D eigenvalue weighted by atomic mass is 16.6.